The van der Waals surface area contributed by atoms with Gasteiger partial charge in [-0.05, 0) is 18.2 Å². The zero-order valence-electron chi connectivity index (χ0n) is 22.5. The normalized spacial score (nSPS) is 12.6. The van der Waals surface area contributed by atoms with Crippen molar-refractivity contribution in [1.29, 1.82) is 0 Å². The van der Waals surface area contributed by atoms with Gasteiger partial charge in [0.1, 0.15) is 17.2 Å². The number of aryl methyl sites for hydroxylation is 1. The minimum Gasteiger partial charge on any atom is -0.439 e. The number of hydrogen-bond acceptors (Lipinski definition) is 6. The van der Waals surface area contributed by atoms with Crippen LogP contribution >= 0.6 is 0 Å². The number of aromatic nitrogens is 4. The zero-order chi connectivity index (χ0) is 30.1. The molecule has 1 unspecified atom stereocenters. The third-order valence-electron chi connectivity index (χ3n) is 6.01. The number of nitrogens with zero attached hydrogens (tertiary/aromatic N) is 4. The predicted molar refractivity (Wildman–Crippen MR) is 142 cm³/mol. The fourth-order valence-electron chi connectivity index (χ4n) is 4.14. The smallest absolute Gasteiger partial charge is 0.417 e. The van der Waals surface area contributed by atoms with Crippen molar-refractivity contribution >= 4 is 17.8 Å². The van der Waals surface area contributed by atoms with Crippen LogP contribution in [0.25, 0.3) is 22.5 Å². The first kappa shape index (κ1) is 29.2. The second kappa shape index (κ2) is 11.0. The topological polar surface area (TPSA) is 125 Å². The van der Waals surface area contributed by atoms with Gasteiger partial charge in [0.05, 0.1) is 23.0 Å². The minimum atomic E-state index is -4.90. The van der Waals surface area contributed by atoms with Gasteiger partial charge in [-0.3, -0.25) is 9.48 Å². The highest BCUT2D eigenvalue weighted by Gasteiger charge is 2.36. The summed E-state index contributed by atoms with van der Waals surface area (Å²) in [5.41, 5.74) is 3.01. The molecule has 4 aromatic rings. The molecular weight excluding hydrogens is 544 g/mol. The first-order valence-electron chi connectivity index (χ1n) is 12.3. The Labute approximate surface area is 232 Å². The molecule has 0 spiro atoms. The zero-order valence-corrected chi connectivity index (χ0v) is 22.5. The summed E-state index contributed by atoms with van der Waals surface area (Å²) in [7, 11) is 1.51. The summed E-state index contributed by atoms with van der Waals surface area (Å²) in [6.07, 6.45) is -4.14. The molecule has 3 N–H and O–H groups in total. The Kier molecular flexibility index (Phi) is 7.82. The molecule has 2 amide bonds. The van der Waals surface area contributed by atoms with E-state index in [0.717, 1.165) is 6.07 Å². The number of alkyl halides is 3. The van der Waals surface area contributed by atoms with E-state index in [9.17, 15) is 27.2 Å². The lowest BCUT2D eigenvalue weighted by molar-refractivity contribution is -0.137. The molecule has 2 aromatic carbocycles. The predicted octanol–water partition coefficient (Wildman–Crippen LogP) is 6.14. The van der Waals surface area contributed by atoms with E-state index in [1.165, 1.54) is 30.2 Å². The molecule has 1 atom stereocenters. The van der Waals surface area contributed by atoms with Gasteiger partial charge in [0.2, 0.25) is 0 Å². The van der Waals surface area contributed by atoms with Crippen LogP contribution in [-0.2, 0) is 18.0 Å². The van der Waals surface area contributed by atoms with Crippen LogP contribution in [0.3, 0.4) is 0 Å². The van der Waals surface area contributed by atoms with E-state index in [4.69, 9.17) is 10.5 Å². The number of primary amides is 1. The maximum atomic E-state index is 15.0. The molecule has 0 aliphatic rings. The lowest BCUT2D eigenvalue weighted by Gasteiger charge is -2.29. The summed E-state index contributed by atoms with van der Waals surface area (Å²) < 4.78 is 62.8. The highest BCUT2D eigenvalue weighted by atomic mass is 19.4. The van der Waals surface area contributed by atoms with Crippen molar-refractivity contribution < 1.29 is 31.9 Å². The van der Waals surface area contributed by atoms with Crippen molar-refractivity contribution in [2.24, 2.45) is 18.2 Å². The van der Waals surface area contributed by atoms with E-state index in [0.29, 0.717) is 5.56 Å². The van der Waals surface area contributed by atoms with Crippen molar-refractivity contribution in [2.75, 3.05) is 5.32 Å². The maximum Gasteiger partial charge on any atom is 0.417 e. The molecule has 4 rings (SSSR count). The molecule has 0 radical (unpaired) electrons. The van der Waals surface area contributed by atoms with Crippen molar-refractivity contribution in [3.05, 3.63) is 83.6 Å². The summed E-state index contributed by atoms with van der Waals surface area (Å²) in [5, 5.41) is 6.45. The van der Waals surface area contributed by atoms with Gasteiger partial charge in [0, 0.05) is 29.8 Å². The van der Waals surface area contributed by atoms with E-state index in [1.807, 2.05) is 0 Å². The fourth-order valence-corrected chi connectivity index (χ4v) is 4.14. The summed E-state index contributed by atoms with van der Waals surface area (Å²) in [5.74, 6) is -2.55. The molecule has 214 valence electrons. The first-order valence-corrected chi connectivity index (χ1v) is 12.3. The van der Waals surface area contributed by atoms with Crippen molar-refractivity contribution in [2.45, 2.75) is 33.1 Å². The number of anilines is 1. The Hall–Kier alpha value is -4.81. The number of nitrogens with one attached hydrogen (secondary N) is 1. The Balaban J connectivity index is 1.80. The van der Waals surface area contributed by atoms with Gasteiger partial charge in [-0.25, -0.2) is 19.2 Å². The highest BCUT2D eigenvalue weighted by molar-refractivity contribution is 6.06. The maximum absolute atomic E-state index is 15.0. The van der Waals surface area contributed by atoms with Crippen molar-refractivity contribution in [3.8, 4) is 22.5 Å². The fraction of sp³-hybridized carbons (Fsp3) is 0.250. The van der Waals surface area contributed by atoms with E-state index in [1.54, 1.807) is 51.1 Å². The van der Waals surface area contributed by atoms with E-state index in [2.05, 4.69) is 20.4 Å². The Morgan fingerprint density at radius 2 is 1.76 bits per heavy atom. The van der Waals surface area contributed by atoms with Crippen LogP contribution in [0.5, 0.6) is 0 Å². The Bertz CT molecular complexity index is 1600. The lowest BCUT2D eigenvalue weighted by Crippen LogP contribution is -2.28. The van der Waals surface area contributed by atoms with Crippen LogP contribution in [-0.4, -0.2) is 31.7 Å². The van der Waals surface area contributed by atoms with Crippen LogP contribution in [0.1, 0.15) is 48.5 Å². The first-order chi connectivity index (χ1) is 19.1. The standard InChI is InChI=1S/C28H26F4N6O3/c1-27(2,3)23(41-26(33)40)21-14-34-24(22(35-21)15-8-6-5-7-9-15)36-25(39)17-12-16(20-10-11-38(4)37-20)18(13-19(17)29)28(30,31)32/h5-14,23H,1-4H3,(H2,33,40)(H,34,36,39). The van der Waals surface area contributed by atoms with E-state index in [-0.39, 0.29) is 29.0 Å². The second-order valence-corrected chi connectivity index (χ2v) is 10.2. The molecule has 0 aliphatic carbocycles. The quantitative estimate of drug-likeness (QED) is 0.269. The number of ether oxygens (including phenoxy) is 1. The van der Waals surface area contributed by atoms with Crippen molar-refractivity contribution in [3.63, 3.8) is 0 Å². The van der Waals surface area contributed by atoms with Gasteiger partial charge in [0.25, 0.3) is 5.91 Å². The molecular formula is C28H26F4N6O3. The number of halogens is 4. The largest absolute Gasteiger partial charge is 0.439 e. The third-order valence-corrected chi connectivity index (χ3v) is 6.01. The molecule has 0 saturated carbocycles. The Morgan fingerprint density at radius 3 is 2.32 bits per heavy atom. The lowest BCUT2D eigenvalue weighted by atomic mass is 9.87. The third kappa shape index (κ3) is 6.51. The number of benzene rings is 2. The molecule has 0 aliphatic heterocycles. The molecule has 2 aromatic heterocycles. The van der Waals surface area contributed by atoms with Crippen LogP contribution < -0.4 is 11.1 Å². The second-order valence-electron chi connectivity index (χ2n) is 10.2. The summed E-state index contributed by atoms with van der Waals surface area (Å²) >= 11 is 0. The highest BCUT2D eigenvalue weighted by Crippen LogP contribution is 2.39. The minimum absolute atomic E-state index is 0.0920. The molecule has 41 heavy (non-hydrogen) atoms. The molecule has 0 bridgehead atoms. The molecule has 2 heterocycles. The number of carbonyl (C=O) groups is 2. The summed E-state index contributed by atoms with van der Waals surface area (Å²) in [4.78, 5) is 33.7. The van der Waals surface area contributed by atoms with Gasteiger partial charge in [-0.1, -0.05) is 51.1 Å². The molecule has 0 fully saturated rings. The molecule has 0 saturated heterocycles. The number of carbonyl (C=O) groups excluding carboxylic acids is 2. The monoisotopic (exact) mass is 570 g/mol. The van der Waals surface area contributed by atoms with Crippen molar-refractivity contribution in [1.82, 2.24) is 19.7 Å². The number of amides is 2. The number of hydrogen-bond donors (Lipinski definition) is 2. The van der Waals surface area contributed by atoms with E-state index >= 15 is 0 Å². The van der Waals surface area contributed by atoms with Gasteiger partial charge < -0.3 is 15.8 Å². The number of nitrogens with two attached hydrogens (primary N) is 1. The number of rotatable bonds is 6. The summed E-state index contributed by atoms with van der Waals surface area (Å²) in [6.45, 7) is 5.40. The van der Waals surface area contributed by atoms with Gasteiger partial charge in [-0.15, -0.1) is 0 Å². The molecule has 13 heteroatoms. The molecule has 9 nitrogen and oxygen atoms in total. The van der Waals surface area contributed by atoms with Crippen LogP contribution in [0.2, 0.25) is 0 Å². The SMILES string of the molecule is Cn1ccc(-c2cc(C(=O)Nc3ncc(C(OC(N)=O)C(C)(C)C)nc3-c3ccccc3)c(F)cc2C(F)(F)F)n1. The Morgan fingerprint density at radius 1 is 1.07 bits per heavy atom. The van der Waals surface area contributed by atoms with Gasteiger partial charge in [-0.2, -0.15) is 18.3 Å². The average molecular weight is 571 g/mol. The van der Waals surface area contributed by atoms with E-state index < -0.39 is 52.2 Å². The van der Waals surface area contributed by atoms with Gasteiger partial charge >= 0.3 is 12.3 Å². The summed E-state index contributed by atoms with van der Waals surface area (Å²) in [6, 6.07) is 10.9. The van der Waals surface area contributed by atoms with Crippen LogP contribution in [0.4, 0.5) is 28.2 Å². The van der Waals surface area contributed by atoms with Gasteiger partial charge in [0.15, 0.2) is 11.9 Å². The van der Waals surface area contributed by atoms with Crippen LogP contribution in [0.15, 0.2) is 60.9 Å². The average Bonchev–Trinajstić information content (AvgIpc) is 3.32. The van der Waals surface area contributed by atoms with Crippen LogP contribution in [0, 0.1) is 11.2 Å².